The number of benzene rings is 3. The van der Waals surface area contributed by atoms with Crippen LogP contribution < -0.4 is 14.5 Å². The molecule has 2 amide bonds. The van der Waals surface area contributed by atoms with Crippen molar-refractivity contribution >= 4 is 46.3 Å². The molecule has 11 heteroatoms. The third-order valence-corrected chi connectivity index (χ3v) is 12.7. The number of non-ortho nitro benzene ring substituents is 1. The van der Waals surface area contributed by atoms with Crippen LogP contribution in [0.5, 0.6) is 5.75 Å². The molecule has 2 saturated carbocycles. The molecule has 4 aliphatic rings. The van der Waals surface area contributed by atoms with Crippen molar-refractivity contribution in [3.8, 4) is 5.75 Å². The number of amides is 2. The summed E-state index contributed by atoms with van der Waals surface area (Å²) >= 11 is 2.70. The zero-order valence-electron chi connectivity index (χ0n) is 24.5. The molecule has 9 nitrogen and oxygen atoms in total. The first-order chi connectivity index (χ1) is 21.7. The molecular weight excluding hydrogens is 611 g/mol. The van der Waals surface area contributed by atoms with Gasteiger partial charge in [0.05, 0.1) is 27.5 Å². The lowest BCUT2D eigenvalue weighted by molar-refractivity contribution is -0.385. The van der Waals surface area contributed by atoms with E-state index in [1.807, 2.05) is 62.4 Å². The first-order valence-electron chi connectivity index (χ1n) is 15.0. The molecule has 3 heterocycles. The summed E-state index contributed by atoms with van der Waals surface area (Å²) in [5.41, 5.74) is 4.30. The van der Waals surface area contributed by atoms with Gasteiger partial charge in [0.25, 0.3) is 5.69 Å². The standard InChI is InChI=1S/C34H29N3O6S2/c1-16-3-7-18(8-4-16)15-43-24-12-11-20(37(41)42)13-21(24)25-26-22-14-23(29(26)44-31-30(25)45-34(40)35-31)28-27(22)32(38)36(33(28)39)19-9-5-17(2)6-10-19/h3-13,22-23,25-29H,14-15H2,1-2H3,(H,35,40)/t22-,23-,25?,26?,27?,28?,29?/m1/s1. The summed E-state index contributed by atoms with van der Waals surface area (Å²) in [6, 6.07) is 20.1. The van der Waals surface area contributed by atoms with Crippen molar-refractivity contribution in [3.63, 3.8) is 0 Å². The zero-order valence-corrected chi connectivity index (χ0v) is 26.1. The third-order valence-electron chi connectivity index (χ3n) is 10.1. The number of hydrogen-bond acceptors (Lipinski definition) is 8. The molecule has 2 aliphatic carbocycles. The Morgan fingerprint density at radius 1 is 0.933 bits per heavy atom. The Balaban J connectivity index is 1.22. The Morgan fingerprint density at radius 2 is 1.60 bits per heavy atom. The molecule has 0 spiro atoms. The number of H-pyrrole nitrogens is 1. The van der Waals surface area contributed by atoms with Crippen LogP contribution in [0.2, 0.25) is 0 Å². The van der Waals surface area contributed by atoms with Crippen LogP contribution in [-0.2, 0) is 16.2 Å². The van der Waals surface area contributed by atoms with E-state index in [1.54, 1.807) is 23.9 Å². The molecule has 4 aromatic rings. The van der Waals surface area contributed by atoms with Crippen LogP contribution >= 0.6 is 23.1 Å². The Bertz CT molecular complexity index is 1930. The van der Waals surface area contributed by atoms with Crippen LogP contribution in [0.25, 0.3) is 0 Å². The number of aryl methyl sites for hydroxylation is 2. The van der Waals surface area contributed by atoms with Crippen molar-refractivity contribution in [2.75, 3.05) is 4.90 Å². The van der Waals surface area contributed by atoms with E-state index in [0.717, 1.165) is 44.4 Å². The summed E-state index contributed by atoms with van der Waals surface area (Å²) in [7, 11) is 0. The molecule has 7 atom stereocenters. The maximum Gasteiger partial charge on any atom is 0.305 e. The van der Waals surface area contributed by atoms with Gasteiger partial charge in [0, 0.05) is 33.7 Å². The highest BCUT2D eigenvalue weighted by Crippen LogP contribution is 2.69. The summed E-state index contributed by atoms with van der Waals surface area (Å²) in [5, 5.41) is 12.7. The number of rotatable bonds is 6. The second kappa shape index (κ2) is 10.4. The first kappa shape index (κ1) is 28.3. The average Bonchev–Trinajstić information content (AvgIpc) is 3.76. The number of anilines is 1. The van der Waals surface area contributed by atoms with Gasteiger partial charge in [-0.2, -0.15) is 0 Å². The minimum absolute atomic E-state index is 0.0436. The second-order valence-electron chi connectivity index (χ2n) is 12.6. The van der Waals surface area contributed by atoms with Crippen molar-refractivity contribution in [2.45, 2.75) is 43.1 Å². The maximum atomic E-state index is 14.1. The number of hydrogen-bond donors (Lipinski definition) is 1. The van der Waals surface area contributed by atoms with Crippen LogP contribution in [0, 0.1) is 53.6 Å². The molecule has 45 heavy (non-hydrogen) atoms. The van der Waals surface area contributed by atoms with Crippen LogP contribution in [0.4, 0.5) is 11.4 Å². The average molecular weight is 640 g/mol. The van der Waals surface area contributed by atoms with Crippen molar-refractivity contribution in [2.24, 2.45) is 29.6 Å². The summed E-state index contributed by atoms with van der Waals surface area (Å²) < 4.78 is 6.37. The van der Waals surface area contributed by atoms with Crippen LogP contribution in [0.1, 0.15) is 39.5 Å². The van der Waals surface area contributed by atoms with Crippen molar-refractivity contribution < 1.29 is 19.2 Å². The van der Waals surface area contributed by atoms with Gasteiger partial charge in [-0.3, -0.25) is 29.4 Å². The largest absolute Gasteiger partial charge is 0.489 e. The number of carbonyl (C=O) groups excluding carboxylic acids is 2. The predicted molar refractivity (Wildman–Crippen MR) is 171 cm³/mol. The number of nitrogens with one attached hydrogen (secondary N) is 1. The third kappa shape index (κ3) is 4.39. The zero-order chi connectivity index (χ0) is 31.1. The first-order valence-corrected chi connectivity index (χ1v) is 16.7. The van der Waals surface area contributed by atoms with E-state index >= 15 is 0 Å². The molecule has 5 unspecified atom stereocenters. The van der Waals surface area contributed by atoms with Gasteiger partial charge in [-0.25, -0.2) is 0 Å². The number of thioether (sulfide) groups is 1. The minimum Gasteiger partial charge on any atom is -0.489 e. The molecular formula is C34H29N3O6S2. The van der Waals surface area contributed by atoms with E-state index in [4.69, 9.17) is 4.74 Å². The Morgan fingerprint density at radius 3 is 2.29 bits per heavy atom. The summed E-state index contributed by atoms with van der Waals surface area (Å²) in [4.78, 5) is 57.3. The van der Waals surface area contributed by atoms with Gasteiger partial charge in [0.1, 0.15) is 12.4 Å². The highest BCUT2D eigenvalue weighted by atomic mass is 32.2. The second-order valence-corrected chi connectivity index (χ2v) is 14.8. The van der Waals surface area contributed by atoms with E-state index < -0.39 is 22.7 Å². The Kier molecular flexibility index (Phi) is 6.54. The molecule has 0 radical (unpaired) electrons. The number of carbonyl (C=O) groups is 2. The monoisotopic (exact) mass is 639 g/mol. The van der Waals surface area contributed by atoms with E-state index in [9.17, 15) is 24.5 Å². The number of aromatic nitrogens is 1. The van der Waals surface area contributed by atoms with E-state index in [-0.39, 0.29) is 52.0 Å². The number of nitrogens with zero attached hydrogens (tertiary/aromatic N) is 2. The highest BCUT2D eigenvalue weighted by molar-refractivity contribution is 8.00. The van der Waals surface area contributed by atoms with Gasteiger partial charge in [-0.05, 0) is 61.8 Å². The predicted octanol–water partition coefficient (Wildman–Crippen LogP) is 6.22. The fourth-order valence-electron chi connectivity index (χ4n) is 8.18. The SMILES string of the molecule is Cc1ccc(COc2ccc([N+](=O)[O-])cc2C2c3sc(=O)[nH]c3SC3C2[C@H]2C[C@@H]3C3C(=O)N(c4ccc(C)cc4)C(=O)C32)cc1. The summed E-state index contributed by atoms with van der Waals surface area (Å²) in [6.45, 7) is 4.25. The van der Waals surface area contributed by atoms with E-state index in [1.165, 1.54) is 11.0 Å². The number of aromatic amines is 1. The molecule has 3 fully saturated rings. The fourth-order valence-corrected chi connectivity index (χ4v) is 11.1. The van der Waals surface area contributed by atoms with Gasteiger partial charge in [0.2, 0.25) is 11.8 Å². The van der Waals surface area contributed by atoms with Crippen LogP contribution in [0.15, 0.2) is 76.6 Å². The Hall–Kier alpha value is -4.22. The van der Waals surface area contributed by atoms with Gasteiger partial charge in [0.15, 0.2) is 0 Å². The number of ether oxygens (including phenoxy) is 1. The molecule has 2 bridgehead atoms. The number of nitro groups is 1. The van der Waals surface area contributed by atoms with E-state index in [2.05, 4.69) is 4.98 Å². The smallest absolute Gasteiger partial charge is 0.305 e. The Labute approximate surface area is 266 Å². The van der Waals surface area contributed by atoms with E-state index in [0.29, 0.717) is 17.0 Å². The molecule has 3 aromatic carbocycles. The molecule has 1 saturated heterocycles. The summed E-state index contributed by atoms with van der Waals surface area (Å²) in [5.74, 6) is -1.41. The van der Waals surface area contributed by atoms with Crippen LogP contribution in [0.3, 0.4) is 0 Å². The topological polar surface area (TPSA) is 123 Å². The fraction of sp³-hybridized carbons (Fsp3) is 0.324. The molecule has 1 N–H and O–H groups in total. The molecule has 228 valence electrons. The van der Waals surface area contributed by atoms with Gasteiger partial charge in [-0.1, -0.05) is 58.9 Å². The maximum absolute atomic E-state index is 14.1. The van der Waals surface area contributed by atoms with Crippen molar-refractivity contribution in [1.29, 1.82) is 0 Å². The van der Waals surface area contributed by atoms with Gasteiger partial charge >= 0.3 is 4.87 Å². The van der Waals surface area contributed by atoms with Crippen LogP contribution in [-0.4, -0.2) is 27.0 Å². The number of thiazole rings is 1. The lowest BCUT2D eigenvalue weighted by atomic mass is 9.68. The lowest BCUT2D eigenvalue weighted by Gasteiger charge is -2.43. The number of nitro benzene ring substituents is 1. The van der Waals surface area contributed by atoms with Gasteiger partial charge < -0.3 is 9.72 Å². The van der Waals surface area contributed by atoms with Gasteiger partial charge in [-0.15, -0.1) is 11.8 Å². The number of imide groups is 1. The van der Waals surface area contributed by atoms with Crippen molar-refractivity contribution in [3.05, 3.63) is 114 Å². The lowest BCUT2D eigenvalue weighted by Crippen LogP contribution is -2.42. The van der Waals surface area contributed by atoms with Crippen molar-refractivity contribution in [1.82, 2.24) is 4.98 Å². The highest BCUT2D eigenvalue weighted by Gasteiger charge is 2.70. The normalized spacial score (nSPS) is 27.8. The summed E-state index contributed by atoms with van der Waals surface area (Å²) in [6.07, 6.45) is 0.723. The molecule has 2 aliphatic heterocycles. The minimum atomic E-state index is -0.471. The molecule has 1 aromatic heterocycles. The molecule has 8 rings (SSSR count). The quantitative estimate of drug-likeness (QED) is 0.151. The number of fused-ring (bicyclic) bond motifs is 9.